The number of nitriles is 1. The average molecular weight is 311 g/mol. The summed E-state index contributed by atoms with van der Waals surface area (Å²) in [5.74, 6) is 0.937. The SMILES string of the molecule is CC(=O)c1ccc(OCCCOc2ccc(C#N)cc2)cc1O. The van der Waals surface area contributed by atoms with Gasteiger partial charge in [-0.25, -0.2) is 0 Å². The Kier molecular flexibility index (Phi) is 5.59. The van der Waals surface area contributed by atoms with Crippen molar-refractivity contribution >= 4 is 5.78 Å². The predicted octanol–water partition coefficient (Wildman–Crippen LogP) is 3.31. The van der Waals surface area contributed by atoms with Crippen molar-refractivity contribution in [2.45, 2.75) is 13.3 Å². The van der Waals surface area contributed by atoms with Gasteiger partial charge < -0.3 is 14.6 Å². The lowest BCUT2D eigenvalue weighted by molar-refractivity contribution is 0.101. The van der Waals surface area contributed by atoms with Gasteiger partial charge >= 0.3 is 0 Å². The fourth-order valence-electron chi connectivity index (χ4n) is 1.96. The zero-order valence-electron chi connectivity index (χ0n) is 12.8. The summed E-state index contributed by atoms with van der Waals surface area (Å²) in [5, 5.41) is 18.4. The van der Waals surface area contributed by atoms with Crippen LogP contribution < -0.4 is 9.47 Å². The molecule has 2 aromatic rings. The second-order valence-electron chi connectivity index (χ2n) is 4.92. The van der Waals surface area contributed by atoms with Crippen molar-refractivity contribution in [3.8, 4) is 23.3 Å². The Labute approximate surface area is 134 Å². The summed E-state index contributed by atoms with van der Waals surface area (Å²) in [5.41, 5.74) is 0.871. The zero-order valence-corrected chi connectivity index (χ0v) is 12.8. The number of rotatable bonds is 7. The number of phenols is 1. The molecular weight excluding hydrogens is 294 g/mol. The van der Waals surface area contributed by atoms with Crippen molar-refractivity contribution in [3.63, 3.8) is 0 Å². The molecule has 1 N–H and O–H groups in total. The van der Waals surface area contributed by atoms with Crippen LogP contribution in [0.4, 0.5) is 0 Å². The molecule has 0 heterocycles. The van der Waals surface area contributed by atoms with E-state index in [4.69, 9.17) is 14.7 Å². The standard InChI is InChI=1S/C18H17NO4/c1-13(20)17-8-7-16(11-18(17)21)23-10-2-9-22-15-5-3-14(12-19)4-6-15/h3-8,11,21H,2,9-10H2,1H3. The minimum atomic E-state index is -0.190. The highest BCUT2D eigenvalue weighted by Crippen LogP contribution is 2.24. The molecule has 23 heavy (non-hydrogen) atoms. The summed E-state index contributed by atoms with van der Waals surface area (Å²) in [4.78, 5) is 11.2. The van der Waals surface area contributed by atoms with E-state index in [9.17, 15) is 9.90 Å². The average Bonchev–Trinajstić information content (AvgIpc) is 2.55. The van der Waals surface area contributed by atoms with Gasteiger partial charge in [-0.05, 0) is 43.3 Å². The lowest BCUT2D eigenvalue weighted by Crippen LogP contribution is -2.05. The molecular formula is C18H17NO4. The largest absolute Gasteiger partial charge is 0.507 e. The molecule has 0 aliphatic carbocycles. The van der Waals surface area contributed by atoms with Gasteiger partial charge in [0, 0.05) is 12.5 Å². The minimum Gasteiger partial charge on any atom is -0.507 e. The fraction of sp³-hybridized carbons (Fsp3) is 0.222. The number of carbonyl (C=O) groups excluding carboxylic acids is 1. The number of nitrogens with zero attached hydrogens (tertiary/aromatic N) is 1. The van der Waals surface area contributed by atoms with Crippen LogP contribution in [0.3, 0.4) is 0 Å². The van der Waals surface area contributed by atoms with Gasteiger partial charge in [-0.15, -0.1) is 0 Å². The summed E-state index contributed by atoms with van der Waals surface area (Å²) in [6.07, 6.45) is 0.662. The normalized spacial score (nSPS) is 9.91. The maximum Gasteiger partial charge on any atom is 0.163 e. The van der Waals surface area contributed by atoms with E-state index in [0.717, 1.165) is 0 Å². The van der Waals surface area contributed by atoms with E-state index < -0.39 is 0 Å². The maximum atomic E-state index is 11.2. The molecule has 0 amide bonds. The third kappa shape index (κ3) is 4.75. The van der Waals surface area contributed by atoms with Gasteiger partial charge in [0.25, 0.3) is 0 Å². The van der Waals surface area contributed by atoms with Crippen LogP contribution in [-0.2, 0) is 0 Å². The molecule has 0 aromatic heterocycles. The number of phenolic OH excluding ortho intramolecular Hbond substituents is 1. The summed E-state index contributed by atoms with van der Waals surface area (Å²) in [6.45, 7) is 2.30. The Morgan fingerprint density at radius 3 is 2.26 bits per heavy atom. The van der Waals surface area contributed by atoms with Crippen molar-refractivity contribution in [2.24, 2.45) is 0 Å². The second-order valence-corrected chi connectivity index (χ2v) is 4.92. The van der Waals surface area contributed by atoms with Crippen LogP contribution in [0.15, 0.2) is 42.5 Å². The van der Waals surface area contributed by atoms with Crippen LogP contribution in [0, 0.1) is 11.3 Å². The number of carbonyl (C=O) groups is 1. The monoisotopic (exact) mass is 311 g/mol. The quantitative estimate of drug-likeness (QED) is 0.627. The third-order valence-corrected chi connectivity index (χ3v) is 3.16. The molecule has 0 aliphatic rings. The molecule has 5 heteroatoms. The van der Waals surface area contributed by atoms with E-state index in [-0.39, 0.29) is 17.1 Å². The highest BCUT2D eigenvalue weighted by molar-refractivity contribution is 5.96. The number of ether oxygens (including phenoxy) is 2. The zero-order chi connectivity index (χ0) is 16.7. The molecule has 2 aromatic carbocycles. The molecule has 0 fully saturated rings. The predicted molar refractivity (Wildman–Crippen MR) is 84.9 cm³/mol. The van der Waals surface area contributed by atoms with Crippen LogP contribution >= 0.6 is 0 Å². The molecule has 0 saturated heterocycles. The molecule has 5 nitrogen and oxygen atoms in total. The summed E-state index contributed by atoms with van der Waals surface area (Å²) >= 11 is 0. The van der Waals surface area contributed by atoms with Gasteiger partial charge in [0.1, 0.15) is 17.2 Å². The maximum absolute atomic E-state index is 11.2. The van der Waals surface area contributed by atoms with Crippen LogP contribution in [0.1, 0.15) is 29.3 Å². The number of aromatic hydroxyl groups is 1. The van der Waals surface area contributed by atoms with Gasteiger partial charge in [0.05, 0.1) is 30.4 Å². The number of benzene rings is 2. The first-order chi connectivity index (χ1) is 11.1. The molecule has 0 unspecified atom stereocenters. The lowest BCUT2D eigenvalue weighted by Gasteiger charge is -2.09. The smallest absolute Gasteiger partial charge is 0.163 e. The third-order valence-electron chi connectivity index (χ3n) is 3.16. The molecule has 0 saturated carbocycles. The number of Topliss-reactive ketones (excluding diaryl/α,β-unsaturated/α-hetero) is 1. The Morgan fingerprint density at radius 1 is 1.09 bits per heavy atom. The highest BCUT2D eigenvalue weighted by atomic mass is 16.5. The fourth-order valence-corrected chi connectivity index (χ4v) is 1.96. The molecule has 0 atom stereocenters. The van der Waals surface area contributed by atoms with Gasteiger partial charge in [0.2, 0.25) is 0 Å². The van der Waals surface area contributed by atoms with E-state index >= 15 is 0 Å². The highest BCUT2D eigenvalue weighted by Gasteiger charge is 2.07. The topological polar surface area (TPSA) is 79.5 Å². The van der Waals surface area contributed by atoms with E-state index in [1.807, 2.05) is 6.07 Å². The van der Waals surface area contributed by atoms with E-state index in [1.165, 1.54) is 13.0 Å². The van der Waals surface area contributed by atoms with Crippen molar-refractivity contribution in [3.05, 3.63) is 53.6 Å². The number of hydrogen-bond donors (Lipinski definition) is 1. The molecule has 0 bridgehead atoms. The molecule has 0 radical (unpaired) electrons. The molecule has 0 aliphatic heterocycles. The van der Waals surface area contributed by atoms with E-state index in [0.29, 0.717) is 36.7 Å². The van der Waals surface area contributed by atoms with Crippen LogP contribution in [0.25, 0.3) is 0 Å². The summed E-state index contributed by atoms with van der Waals surface area (Å²) in [6, 6.07) is 13.6. The number of ketones is 1. The van der Waals surface area contributed by atoms with E-state index in [2.05, 4.69) is 0 Å². The lowest BCUT2D eigenvalue weighted by atomic mass is 10.1. The van der Waals surface area contributed by atoms with Gasteiger partial charge in [0.15, 0.2) is 5.78 Å². The molecule has 118 valence electrons. The van der Waals surface area contributed by atoms with Gasteiger partial charge in [-0.1, -0.05) is 0 Å². The molecule has 2 rings (SSSR count). The Bertz CT molecular complexity index is 717. The van der Waals surface area contributed by atoms with Crippen molar-refractivity contribution in [1.29, 1.82) is 5.26 Å². The summed E-state index contributed by atoms with van der Waals surface area (Å²) < 4.78 is 11.0. The van der Waals surface area contributed by atoms with Gasteiger partial charge in [-0.3, -0.25) is 4.79 Å². The number of hydrogen-bond acceptors (Lipinski definition) is 5. The minimum absolute atomic E-state index is 0.0798. The van der Waals surface area contributed by atoms with Crippen molar-refractivity contribution in [1.82, 2.24) is 0 Å². The van der Waals surface area contributed by atoms with E-state index in [1.54, 1.807) is 36.4 Å². The summed E-state index contributed by atoms with van der Waals surface area (Å²) in [7, 11) is 0. The Balaban J connectivity index is 1.74. The van der Waals surface area contributed by atoms with Crippen LogP contribution in [-0.4, -0.2) is 24.1 Å². The van der Waals surface area contributed by atoms with Crippen molar-refractivity contribution in [2.75, 3.05) is 13.2 Å². The first-order valence-corrected chi connectivity index (χ1v) is 7.20. The first-order valence-electron chi connectivity index (χ1n) is 7.20. The Hall–Kier alpha value is -3.00. The second kappa shape index (κ2) is 7.85. The first kappa shape index (κ1) is 16.4. The van der Waals surface area contributed by atoms with Crippen molar-refractivity contribution < 1.29 is 19.4 Å². The van der Waals surface area contributed by atoms with Crippen LogP contribution in [0.2, 0.25) is 0 Å². The van der Waals surface area contributed by atoms with Gasteiger partial charge in [-0.2, -0.15) is 5.26 Å². The Morgan fingerprint density at radius 2 is 1.70 bits per heavy atom. The molecule has 0 spiro atoms. The van der Waals surface area contributed by atoms with Crippen LogP contribution in [0.5, 0.6) is 17.2 Å².